The van der Waals surface area contributed by atoms with E-state index in [2.05, 4.69) is 26.1 Å². The number of hydrogen-bond donors (Lipinski definition) is 1. The van der Waals surface area contributed by atoms with Crippen molar-refractivity contribution in [3.63, 3.8) is 0 Å². The van der Waals surface area contributed by atoms with Crippen LogP contribution in [0.4, 0.5) is 0 Å². The van der Waals surface area contributed by atoms with Crippen molar-refractivity contribution in [2.24, 2.45) is 0 Å². The fourth-order valence-corrected chi connectivity index (χ4v) is 1.97. The van der Waals surface area contributed by atoms with Gasteiger partial charge in [0.2, 0.25) is 0 Å². The van der Waals surface area contributed by atoms with Crippen LogP contribution in [0.15, 0.2) is 24.3 Å². The quantitative estimate of drug-likeness (QED) is 0.740. The van der Waals surface area contributed by atoms with Gasteiger partial charge in [0.05, 0.1) is 19.3 Å². The lowest BCUT2D eigenvalue weighted by molar-refractivity contribution is 0.00459. The molecular formula is C16H26ClNO2. The van der Waals surface area contributed by atoms with E-state index in [1.54, 1.807) is 0 Å². The van der Waals surface area contributed by atoms with Crippen molar-refractivity contribution in [3.8, 4) is 0 Å². The van der Waals surface area contributed by atoms with E-state index in [1.807, 2.05) is 31.2 Å². The van der Waals surface area contributed by atoms with Crippen LogP contribution in [0.1, 0.15) is 39.4 Å². The molecule has 0 aliphatic carbocycles. The average molecular weight is 300 g/mol. The Kier molecular flexibility index (Phi) is 7.52. The highest BCUT2D eigenvalue weighted by atomic mass is 35.5. The van der Waals surface area contributed by atoms with E-state index in [1.165, 1.54) is 0 Å². The lowest BCUT2D eigenvalue weighted by Crippen LogP contribution is -2.39. The summed E-state index contributed by atoms with van der Waals surface area (Å²) < 4.78 is 11.3. The van der Waals surface area contributed by atoms with E-state index in [0.29, 0.717) is 19.8 Å². The van der Waals surface area contributed by atoms with Gasteiger partial charge in [-0.15, -0.1) is 0 Å². The molecule has 1 aromatic rings. The van der Waals surface area contributed by atoms with E-state index in [4.69, 9.17) is 21.1 Å². The highest BCUT2D eigenvalue weighted by Crippen LogP contribution is 2.21. The second-order valence-electron chi connectivity index (χ2n) is 5.74. The molecule has 1 atom stereocenters. The molecule has 4 heteroatoms. The molecule has 3 nitrogen and oxygen atoms in total. The van der Waals surface area contributed by atoms with Gasteiger partial charge >= 0.3 is 0 Å². The molecule has 0 aromatic heterocycles. The number of halogens is 1. The Morgan fingerprint density at radius 3 is 2.60 bits per heavy atom. The van der Waals surface area contributed by atoms with Crippen LogP contribution in [0.5, 0.6) is 0 Å². The zero-order valence-electron chi connectivity index (χ0n) is 12.9. The zero-order chi connectivity index (χ0) is 15.0. The van der Waals surface area contributed by atoms with Gasteiger partial charge in [-0.25, -0.2) is 0 Å². The third-order valence-electron chi connectivity index (χ3n) is 2.79. The first-order valence-corrected chi connectivity index (χ1v) is 7.50. The highest BCUT2D eigenvalue weighted by molar-refractivity contribution is 6.30. The maximum atomic E-state index is 6.06. The highest BCUT2D eigenvalue weighted by Gasteiger charge is 2.16. The van der Waals surface area contributed by atoms with Gasteiger partial charge in [-0.05, 0) is 45.4 Å². The molecule has 0 heterocycles. The summed E-state index contributed by atoms with van der Waals surface area (Å²) in [7, 11) is 0. The zero-order valence-corrected chi connectivity index (χ0v) is 13.7. The summed E-state index contributed by atoms with van der Waals surface area (Å²) in [6, 6.07) is 7.83. The minimum absolute atomic E-state index is 0.0200. The smallest absolute Gasteiger partial charge is 0.0951 e. The van der Waals surface area contributed by atoms with Crippen LogP contribution in [0, 0.1) is 0 Å². The Bertz CT molecular complexity index is 390. The van der Waals surface area contributed by atoms with Gasteiger partial charge in [0.15, 0.2) is 0 Å². The van der Waals surface area contributed by atoms with Gasteiger partial charge in [-0.2, -0.15) is 0 Å². The summed E-state index contributed by atoms with van der Waals surface area (Å²) in [6.07, 6.45) is -0.0200. The molecule has 0 bridgehead atoms. The van der Waals surface area contributed by atoms with Crippen molar-refractivity contribution in [3.05, 3.63) is 34.9 Å². The average Bonchev–Trinajstić information content (AvgIpc) is 2.36. The minimum Gasteiger partial charge on any atom is -0.379 e. The molecule has 0 spiro atoms. The molecule has 0 radical (unpaired) electrons. The molecule has 114 valence electrons. The Labute approximate surface area is 127 Å². The van der Waals surface area contributed by atoms with Crippen LogP contribution >= 0.6 is 11.6 Å². The predicted molar refractivity (Wildman–Crippen MR) is 84.4 cm³/mol. The summed E-state index contributed by atoms with van der Waals surface area (Å²) in [5, 5.41) is 4.20. The van der Waals surface area contributed by atoms with Crippen molar-refractivity contribution in [2.45, 2.75) is 39.3 Å². The van der Waals surface area contributed by atoms with Crippen molar-refractivity contribution < 1.29 is 9.47 Å². The third-order valence-corrected chi connectivity index (χ3v) is 3.02. The SMILES string of the molecule is CCOCCOC(CNC(C)(C)C)c1cccc(Cl)c1. The molecule has 0 amide bonds. The minimum atomic E-state index is -0.0200. The maximum Gasteiger partial charge on any atom is 0.0951 e. The second kappa shape index (κ2) is 8.63. The van der Waals surface area contributed by atoms with Crippen LogP contribution in [-0.4, -0.2) is 31.9 Å². The van der Waals surface area contributed by atoms with E-state index in [9.17, 15) is 0 Å². The molecular weight excluding hydrogens is 274 g/mol. The Morgan fingerprint density at radius 2 is 2.00 bits per heavy atom. The molecule has 20 heavy (non-hydrogen) atoms. The summed E-state index contributed by atoms with van der Waals surface area (Å²) in [4.78, 5) is 0. The number of hydrogen-bond acceptors (Lipinski definition) is 3. The second-order valence-corrected chi connectivity index (χ2v) is 6.18. The van der Waals surface area contributed by atoms with Crippen LogP contribution in [0.2, 0.25) is 5.02 Å². The molecule has 0 fully saturated rings. The number of ether oxygens (including phenoxy) is 2. The van der Waals surface area contributed by atoms with Gasteiger partial charge in [0.1, 0.15) is 0 Å². The first kappa shape index (κ1) is 17.4. The number of nitrogens with one attached hydrogen (secondary N) is 1. The summed E-state index contributed by atoms with van der Waals surface area (Å²) in [5.74, 6) is 0. The number of benzene rings is 1. The Hall–Kier alpha value is -0.610. The predicted octanol–water partition coefficient (Wildman–Crippen LogP) is 3.82. The lowest BCUT2D eigenvalue weighted by atomic mass is 10.1. The van der Waals surface area contributed by atoms with Crippen molar-refractivity contribution in [1.29, 1.82) is 0 Å². The molecule has 1 unspecified atom stereocenters. The lowest BCUT2D eigenvalue weighted by Gasteiger charge is -2.26. The van der Waals surface area contributed by atoms with Crippen molar-refractivity contribution >= 4 is 11.6 Å². The van der Waals surface area contributed by atoms with E-state index in [-0.39, 0.29) is 11.6 Å². The monoisotopic (exact) mass is 299 g/mol. The molecule has 0 aliphatic rings. The fraction of sp³-hybridized carbons (Fsp3) is 0.625. The van der Waals surface area contributed by atoms with E-state index < -0.39 is 0 Å². The van der Waals surface area contributed by atoms with Crippen LogP contribution in [0.25, 0.3) is 0 Å². The first-order valence-electron chi connectivity index (χ1n) is 7.12. The Balaban J connectivity index is 2.63. The normalized spacial score (nSPS) is 13.4. The largest absolute Gasteiger partial charge is 0.379 e. The molecule has 1 aromatic carbocycles. The standard InChI is InChI=1S/C16H26ClNO2/c1-5-19-9-10-20-15(12-18-16(2,3)4)13-7-6-8-14(17)11-13/h6-8,11,15,18H,5,9-10,12H2,1-4H3. The van der Waals surface area contributed by atoms with E-state index >= 15 is 0 Å². The topological polar surface area (TPSA) is 30.5 Å². The molecule has 0 saturated carbocycles. The van der Waals surface area contributed by atoms with Gasteiger partial charge < -0.3 is 14.8 Å². The third kappa shape index (κ3) is 7.25. The maximum absolute atomic E-state index is 6.06. The first-order chi connectivity index (χ1) is 9.42. The van der Waals surface area contributed by atoms with Gasteiger partial charge in [-0.1, -0.05) is 23.7 Å². The van der Waals surface area contributed by atoms with Gasteiger partial charge in [-0.3, -0.25) is 0 Å². The van der Waals surface area contributed by atoms with Crippen LogP contribution in [-0.2, 0) is 9.47 Å². The molecule has 1 N–H and O–H groups in total. The summed E-state index contributed by atoms with van der Waals surface area (Å²) >= 11 is 6.06. The molecule has 1 rings (SSSR count). The van der Waals surface area contributed by atoms with Crippen LogP contribution in [0.3, 0.4) is 0 Å². The van der Waals surface area contributed by atoms with Gasteiger partial charge in [0.25, 0.3) is 0 Å². The molecule has 0 aliphatic heterocycles. The summed E-state index contributed by atoms with van der Waals surface area (Å²) in [6.45, 7) is 11.1. The van der Waals surface area contributed by atoms with Gasteiger partial charge in [0, 0.05) is 23.7 Å². The Morgan fingerprint density at radius 1 is 1.25 bits per heavy atom. The molecule has 0 saturated heterocycles. The fourth-order valence-electron chi connectivity index (χ4n) is 1.77. The van der Waals surface area contributed by atoms with Crippen LogP contribution < -0.4 is 5.32 Å². The van der Waals surface area contributed by atoms with E-state index in [0.717, 1.165) is 17.1 Å². The number of rotatable bonds is 8. The van der Waals surface area contributed by atoms with Crippen molar-refractivity contribution in [2.75, 3.05) is 26.4 Å². The van der Waals surface area contributed by atoms with Crippen molar-refractivity contribution in [1.82, 2.24) is 5.32 Å². The summed E-state index contributed by atoms with van der Waals surface area (Å²) in [5.41, 5.74) is 1.14.